The molecule has 17 heavy (non-hydrogen) atoms. The van der Waals surface area contributed by atoms with Gasteiger partial charge < -0.3 is 9.64 Å². The summed E-state index contributed by atoms with van der Waals surface area (Å²) in [7, 11) is 3.63. The number of esters is 1. The Bertz CT molecular complexity index is 236. The molecule has 1 rings (SSSR count). The lowest BCUT2D eigenvalue weighted by Gasteiger charge is -2.34. The molecule has 0 aliphatic carbocycles. The first-order chi connectivity index (χ1) is 8.02. The number of ether oxygens (including phenoxy) is 1. The van der Waals surface area contributed by atoms with Crippen molar-refractivity contribution in [2.24, 2.45) is 11.8 Å². The van der Waals surface area contributed by atoms with Gasteiger partial charge in [0.25, 0.3) is 0 Å². The standard InChI is InChI=1S/C13H26N2O2/c1-11(2)9-12(13(16)17-4)10-15-7-5-14(3)6-8-15/h11-12H,5-10H2,1-4H3. The minimum atomic E-state index is -0.0578. The highest BCUT2D eigenvalue weighted by atomic mass is 16.5. The molecule has 1 saturated heterocycles. The van der Waals surface area contributed by atoms with E-state index in [4.69, 9.17) is 4.74 Å². The summed E-state index contributed by atoms with van der Waals surface area (Å²) in [5.74, 6) is 0.507. The molecule has 1 unspecified atom stereocenters. The first-order valence-electron chi connectivity index (χ1n) is 6.51. The van der Waals surface area contributed by atoms with E-state index in [2.05, 4.69) is 30.7 Å². The fourth-order valence-corrected chi connectivity index (χ4v) is 2.32. The van der Waals surface area contributed by atoms with Gasteiger partial charge in [-0.25, -0.2) is 0 Å². The number of hydrogen-bond acceptors (Lipinski definition) is 4. The number of nitrogens with zero attached hydrogens (tertiary/aromatic N) is 2. The summed E-state index contributed by atoms with van der Waals surface area (Å²) in [6, 6.07) is 0. The summed E-state index contributed by atoms with van der Waals surface area (Å²) in [6.45, 7) is 9.45. The number of hydrogen-bond donors (Lipinski definition) is 0. The Hall–Kier alpha value is -0.610. The van der Waals surface area contributed by atoms with Gasteiger partial charge in [-0.15, -0.1) is 0 Å². The highest BCUT2D eigenvalue weighted by Crippen LogP contribution is 2.15. The van der Waals surface area contributed by atoms with E-state index in [1.165, 1.54) is 7.11 Å². The SMILES string of the molecule is COC(=O)C(CC(C)C)CN1CCN(C)CC1. The molecule has 4 nitrogen and oxygen atoms in total. The Labute approximate surface area is 105 Å². The predicted octanol–water partition coefficient (Wildman–Crippen LogP) is 1.07. The van der Waals surface area contributed by atoms with Crippen molar-refractivity contribution in [3.63, 3.8) is 0 Å². The number of carbonyl (C=O) groups excluding carboxylic acids is 1. The molecule has 1 aliphatic rings. The minimum absolute atomic E-state index is 0.0309. The van der Waals surface area contributed by atoms with Crippen molar-refractivity contribution in [1.82, 2.24) is 9.80 Å². The summed E-state index contributed by atoms with van der Waals surface area (Å²) in [5, 5.41) is 0. The molecule has 0 aromatic heterocycles. The van der Waals surface area contributed by atoms with Crippen molar-refractivity contribution < 1.29 is 9.53 Å². The lowest BCUT2D eigenvalue weighted by atomic mass is 9.96. The summed E-state index contributed by atoms with van der Waals surface area (Å²) in [6.07, 6.45) is 0.916. The smallest absolute Gasteiger partial charge is 0.309 e. The van der Waals surface area contributed by atoms with Crippen molar-refractivity contribution >= 4 is 5.97 Å². The highest BCUT2D eigenvalue weighted by molar-refractivity contribution is 5.72. The zero-order chi connectivity index (χ0) is 12.8. The lowest BCUT2D eigenvalue weighted by Crippen LogP contribution is -2.47. The van der Waals surface area contributed by atoms with Crippen LogP contribution in [0.15, 0.2) is 0 Å². The van der Waals surface area contributed by atoms with Gasteiger partial charge in [0.05, 0.1) is 13.0 Å². The number of likely N-dealkylation sites (N-methyl/N-ethyl adjacent to an activating group) is 1. The number of piperazine rings is 1. The fraction of sp³-hybridized carbons (Fsp3) is 0.923. The van der Waals surface area contributed by atoms with Crippen molar-refractivity contribution in [3.05, 3.63) is 0 Å². The van der Waals surface area contributed by atoms with Gasteiger partial charge in [0, 0.05) is 32.7 Å². The van der Waals surface area contributed by atoms with Crippen LogP contribution in [0.5, 0.6) is 0 Å². The zero-order valence-corrected chi connectivity index (χ0v) is 11.6. The average Bonchev–Trinajstić information content (AvgIpc) is 2.29. The Morgan fingerprint density at radius 3 is 2.29 bits per heavy atom. The van der Waals surface area contributed by atoms with Gasteiger partial charge in [0.2, 0.25) is 0 Å². The van der Waals surface area contributed by atoms with Crippen molar-refractivity contribution in [3.8, 4) is 0 Å². The molecule has 0 bridgehead atoms. The molecule has 100 valence electrons. The van der Waals surface area contributed by atoms with Crippen LogP contribution in [0.3, 0.4) is 0 Å². The van der Waals surface area contributed by atoms with Gasteiger partial charge in [-0.2, -0.15) is 0 Å². The first kappa shape index (κ1) is 14.5. The highest BCUT2D eigenvalue weighted by Gasteiger charge is 2.24. The van der Waals surface area contributed by atoms with E-state index in [1.807, 2.05) is 0 Å². The van der Waals surface area contributed by atoms with E-state index in [-0.39, 0.29) is 11.9 Å². The third-order valence-corrected chi connectivity index (χ3v) is 3.36. The summed E-state index contributed by atoms with van der Waals surface area (Å²) in [5.41, 5.74) is 0. The second kappa shape index (κ2) is 6.97. The molecule has 0 saturated carbocycles. The summed E-state index contributed by atoms with van der Waals surface area (Å²) in [4.78, 5) is 16.4. The van der Waals surface area contributed by atoms with E-state index in [1.54, 1.807) is 0 Å². The largest absolute Gasteiger partial charge is 0.469 e. The van der Waals surface area contributed by atoms with Crippen LogP contribution in [-0.2, 0) is 9.53 Å². The molecule has 4 heteroatoms. The van der Waals surface area contributed by atoms with Crippen LogP contribution < -0.4 is 0 Å². The maximum atomic E-state index is 11.7. The third kappa shape index (κ3) is 5.04. The fourth-order valence-electron chi connectivity index (χ4n) is 2.32. The average molecular weight is 242 g/mol. The van der Waals surface area contributed by atoms with E-state index in [9.17, 15) is 4.79 Å². The van der Waals surface area contributed by atoms with Crippen LogP contribution in [-0.4, -0.2) is 62.7 Å². The van der Waals surface area contributed by atoms with Gasteiger partial charge >= 0.3 is 5.97 Å². The Morgan fingerprint density at radius 1 is 1.24 bits per heavy atom. The topological polar surface area (TPSA) is 32.8 Å². The molecule has 1 aliphatic heterocycles. The Kier molecular flexibility index (Phi) is 5.92. The van der Waals surface area contributed by atoms with Crippen LogP contribution in [0, 0.1) is 11.8 Å². The first-order valence-corrected chi connectivity index (χ1v) is 6.51. The quantitative estimate of drug-likeness (QED) is 0.675. The molecule has 0 N–H and O–H groups in total. The van der Waals surface area contributed by atoms with Gasteiger partial charge in [-0.3, -0.25) is 9.69 Å². The molecule has 1 heterocycles. The molecule has 0 amide bonds. The second-order valence-corrected chi connectivity index (χ2v) is 5.45. The zero-order valence-electron chi connectivity index (χ0n) is 11.6. The molecule has 1 fully saturated rings. The molecule has 0 radical (unpaired) electrons. The third-order valence-electron chi connectivity index (χ3n) is 3.36. The van der Waals surface area contributed by atoms with Crippen molar-refractivity contribution in [2.45, 2.75) is 20.3 Å². The van der Waals surface area contributed by atoms with Crippen molar-refractivity contribution in [2.75, 3.05) is 46.9 Å². The van der Waals surface area contributed by atoms with Crippen LogP contribution >= 0.6 is 0 Å². The number of carbonyl (C=O) groups is 1. The molecular weight excluding hydrogens is 216 g/mol. The molecule has 0 spiro atoms. The van der Waals surface area contributed by atoms with Gasteiger partial charge in [0.1, 0.15) is 0 Å². The predicted molar refractivity (Wildman–Crippen MR) is 68.9 cm³/mol. The Balaban J connectivity index is 2.45. The van der Waals surface area contributed by atoms with Crippen LogP contribution in [0.25, 0.3) is 0 Å². The summed E-state index contributed by atoms with van der Waals surface area (Å²) < 4.78 is 4.90. The minimum Gasteiger partial charge on any atom is -0.469 e. The van der Waals surface area contributed by atoms with Gasteiger partial charge in [0.15, 0.2) is 0 Å². The van der Waals surface area contributed by atoms with E-state index in [0.717, 1.165) is 39.1 Å². The maximum Gasteiger partial charge on any atom is 0.309 e. The van der Waals surface area contributed by atoms with Gasteiger partial charge in [-0.1, -0.05) is 13.8 Å². The maximum absolute atomic E-state index is 11.7. The molecule has 1 atom stereocenters. The lowest BCUT2D eigenvalue weighted by molar-refractivity contribution is -0.146. The second-order valence-electron chi connectivity index (χ2n) is 5.45. The van der Waals surface area contributed by atoms with Gasteiger partial charge in [-0.05, 0) is 19.4 Å². The Morgan fingerprint density at radius 2 is 1.82 bits per heavy atom. The number of methoxy groups -OCH3 is 1. The van der Waals surface area contributed by atoms with E-state index < -0.39 is 0 Å². The molecule has 0 aromatic carbocycles. The van der Waals surface area contributed by atoms with Crippen LogP contribution in [0.2, 0.25) is 0 Å². The van der Waals surface area contributed by atoms with Crippen molar-refractivity contribution in [1.29, 1.82) is 0 Å². The van der Waals surface area contributed by atoms with E-state index in [0.29, 0.717) is 5.92 Å². The van der Waals surface area contributed by atoms with Crippen LogP contribution in [0.4, 0.5) is 0 Å². The molecule has 0 aromatic rings. The normalized spacial score (nSPS) is 20.5. The van der Waals surface area contributed by atoms with E-state index >= 15 is 0 Å². The number of rotatable bonds is 5. The monoisotopic (exact) mass is 242 g/mol. The van der Waals surface area contributed by atoms with Crippen LogP contribution in [0.1, 0.15) is 20.3 Å². The summed E-state index contributed by atoms with van der Waals surface area (Å²) >= 11 is 0. The molecular formula is C13H26N2O2.